The van der Waals surface area contributed by atoms with E-state index in [-0.39, 0.29) is 0 Å². The van der Waals surface area contributed by atoms with Crippen LogP contribution in [0.3, 0.4) is 0 Å². The van der Waals surface area contributed by atoms with E-state index in [1.807, 2.05) is 30.5 Å². The number of methoxy groups -OCH3 is 1. The largest absolute Gasteiger partial charge is 0.497 e. The third-order valence-corrected chi connectivity index (χ3v) is 4.42. The van der Waals surface area contributed by atoms with Crippen molar-refractivity contribution in [3.63, 3.8) is 0 Å². The number of ether oxygens (including phenoxy) is 1. The smallest absolute Gasteiger partial charge is 0.118 e. The third-order valence-electron chi connectivity index (χ3n) is 3.88. The van der Waals surface area contributed by atoms with Gasteiger partial charge < -0.3 is 9.72 Å². The lowest BCUT2D eigenvalue weighted by atomic mass is 10.1. The molecule has 0 bridgehead atoms. The predicted octanol–water partition coefficient (Wildman–Crippen LogP) is 5.57. The van der Waals surface area contributed by atoms with Crippen molar-refractivity contribution in [2.75, 3.05) is 7.11 Å². The van der Waals surface area contributed by atoms with Gasteiger partial charge in [0, 0.05) is 23.2 Å². The number of rotatable bonds is 6. The molecular weight excluding hydrogens is 343 g/mol. The van der Waals surface area contributed by atoms with Crippen molar-refractivity contribution in [2.45, 2.75) is 19.3 Å². The Morgan fingerprint density at radius 1 is 1.04 bits per heavy atom. The standard InChI is InChI=1S/C19H18Cl2N2O/c1-24-15-8-5-13(6-9-15)3-2-4-19-22-12-18(23-19)16-10-7-14(20)11-17(16)21/h5-12H,2-4H2,1H3,(H,22,23). The SMILES string of the molecule is COc1ccc(CCCc2nc(-c3ccc(Cl)cc3Cl)c[nH]2)cc1. The molecule has 3 aromatic rings. The summed E-state index contributed by atoms with van der Waals surface area (Å²) in [7, 11) is 1.68. The van der Waals surface area contributed by atoms with Crippen LogP contribution in [-0.4, -0.2) is 17.1 Å². The van der Waals surface area contributed by atoms with E-state index in [1.165, 1.54) is 5.56 Å². The second kappa shape index (κ2) is 7.73. The number of benzene rings is 2. The first-order chi connectivity index (χ1) is 11.7. The molecule has 0 aliphatic carbocycles. The molecule has 0 unspecified atom stereocenters. The van der Waals surface area contributed by atoms with E-state index >= 15 is 0 Å². The zero-order valence-corrected chi connectivity index (χ0v) is 14.9. The van der Waals surface area contributed by atoms with Gasteiger partial charge in [-0.2, -0.15) is 0 Å². The van der Waals surface area contributed by atoms with E-state index in [0.29, 0.717) is 10.0 Å². The second-order valence-electron chi connectivity index (χ2n) is 5.56. The fourth-order valence-electron chi connectivity index (χ4n) is 2.58. The van der Waals surface area contributed by atoms with Gasteiger partial charge in [-0.3, -0.25) is 0 Å². The van der Waals surface area contributed by atoms with E-state index in [2.05, 4.69) is 22.1 Å². The Kier molecular flexibility index (Phi) is 5.44. The zero-order chi connectivity index (χ0) is 16.9. The van der Waals surface area contributed by atoms with Crippen LogP contribution in [0.2, 0.25) is 10.0 Å². The molecule has 0 aliphatic heterocycles. The van der Waals surface area contributed by atoms with Crippen LogP contribution in [0.4, 0.5) is 0 Å². The maximum absolute atomic E-state index is 6.23. The number of aryl methyl sites for hydroxylation is 2. The van der Waals surface area contributed by atoms with Gasteiger partial charge in [-0.05, 0) is 48.7 Å². The molecule has 0 aliphatic rings. The lowest BCUT2D eigenvalue weighted by molar-refractivity contribution is 0.414. The Bertz CT molecular complexity index is 812. The van der Waals surface area contributed by atoms with Gasteiger partial charge in [0.1, 0.15) is 11.6 Å². The van der Waals surface area contributed by atoms with Crippen LogP contribution in [0, 0.1) is 0 Å². The quantitative estimate of drug-likeness (QED) is 0.624. The molecule has 0 amide bonds. The third kappa shape index (κ3) is 4.11. The van der Waals surface area contributed by atoms with Gasteiger partial charge in [0.2, 0.25) is 0 Å². The highest BCUT2D eigenvalue weighted by Crippen LogP contribution is 2.29. The highest BCUT2D eigenvalue weighted by molar-refractivity contribution is 6.36. The molecule has 0 radical (unpaired) electrons. The number of imidazole rings is 1. The lowest BCUT2D eigenvalue weighted by Gasteiger charge is -2.03. The number of hydrogen-bond acceptors (Lipinski definition) is 2. The minimum absolute atomic E-state index is 0.610. The molecule has 3 rings (SSSR count). The van der Waals surface area contributed by atoms with Crippen LogP contribution in [0.1, 0.15) is 17.8 Å². The van der Waals surface area contributed by atoms with Gasteiger partial charge in [-0.15, -0.1) is 0 Å². The molecule has 1 heterocycles. The monoisotopic (exact) mass is 360 g/mol. The molecule has 124 valence electrons. The fourth-order valence-corrected chi connectivity index (χ4v) is 3.08. The van der Waals surface area contributed by atoms with Crippen molar-refractivity contribution in [2.24, 2.45) is 0 Å². The summed E-state index contributed by atoms with van der Waals surface area (Å²) in [5.74, 6) is 1.85. The Morgan fingerprint density at radius 2 is 1.83 bits per heavy atom. The molecule has 24 heavy (non-hydrogen) atoms. The van der Waals surface area contributed by atoms with Crippen LogP contribution in [0.25, 0.3) is 11.3 Å². The normalized spacial score (nSPS) is 10.8. The number of nitrogens with one attached hydrogen (secondary N) is 1. The maximum atomic E-state index is 6.23. The van der Waals surface area contributed by atoms with Gasteiger partial charge in [0.15, 0.2) is 0 Å². The number of hydrogen-bond donors (Lipinski definition) is 1. The number of halogens is 2. The lowest BCUT2D eigenvalue weighted by Crippen LogP contribution is -1.92. The van der Waals surface area contributed by atoms with Gasteiger partial charge in [-0.1, -0.05) is 35.3 Å². The molecule has 0 spiro atoms. The zero-order valence-electron chi connectivity index (χ0n) is 13.4. The summed E-state index contributed by atoms with van der Waals surface area (Å²) in [4.78, 5) is 7.85. The topological polar surface area (TPSA) is 37.9 Å². The highest BCUT2D eigenvalue weighted by atomic mass is 35.5. The first-order valence-corrected chi connectivity index (χ1v) is 8.54. The summed E-state index contributed by atoms with van der Waals surface area (Å²) in [5, 5.41) is 1.23. The van der Waals surface area contributed by atoms with Crippen LogP contribution in [0.5, 0.6) is 5.75 Å². The van der Waals surface area contributed by atoms with Crippen molar-refractivity contribution in [3.05, 3.63) is 70.1 Å². The molecule has 5 heteroatoms. The van der Waals surface area contributed by atoms with E-state index in [0.717, 1.165) is 42.1 Å². The first-order valence-electron chi connectivity index (χ1n) is 7.78. The number of aromatic nitrogens is 2. The van der Waals surface area contributed by atoms with Crippen LogP contribution < -0.4 is 4.74 Å². The second-order valence-corrected chi connectivity index (χ2v) is 6.40. The number of H-pyrrole nitrogens is 1. The highest BCUT2D eigenvalue weighted by Gasteiger charge is 2.08. The van der Waals surface area contributed by atoms with Crippen molar-refractivity contribution in [1.29, 1.82) is 0 Å². The Labute approximate surface area is 151 Å². The van der Waals surface area contributed by atoms with Crippen LogP contribution in [0.15, 0.2) is 48.7 Å². The molecule has 3 nitrogen and oxygen atoms in total. The minimum Gasteiger partial charge on any atom is -0.497 e. The molecule has 0 fully saturated rings. The molecule has 2 aromatic carbocycles. The van der Waals surface area contributed by atoms with Crippen molar-refractivity contribution >= 4 is 23.2 Å². The summed E-state index contributed by atoms with van der Waals surface area (Å²) in [5.41, 5.74) is 3.03. The average Bonchev–Trinajstić information content (AvgIpc) is 3.04. The van der Waals surface area contributed by atoms with Gasteiger partial charge in [0.05, 0.1) is 17.8 Å². The summed E-state index contributed by atoms with van der Waals surface area (Å²) < 4.78 is 5.17. The minimum atomic E-state index is 0.610. The molecule has 1 N–H and O–H groups in total. The van der Waals surface area contributed by atoms with E-state index in [4.69, 9.17) is 27.9 Å². The number of aromatic amines is 1. The van der Waals surface area contributed by atoms with Crippen LogP contribution >= 0.6 is 23.2 Å². The van der Waals surface area contributed by atoms with Crippen molar-refractivity contribution in [3.8, 4) is 17.0 Å². The van der Waals surface area contributed by atoms with Crippen LogP contribution in [-0.2, 0) is 12.8 Å². The van der Waals surface area contributed by atoms with E-state index < -0.39 is 0 Å². The Hall–Kier alpha value is -1.97. The molecule has 1 aromatic heterocycles. The van der Waals surface area contributed by atoms with Gasteiger partial charge >= 0.3 is 0 Å². The van der Waals surface area contributed by atoms with E-state index in [1.54, 1.807) is 13.2 Å². The Morgan fingerprint density at radius 3 is 2.54 bits per heavy atom. The van der Waals surface area contributed by atoms with Crippen molar-refractivity contribution in [1.82, 2.24) is 9.97 Å². The Balaban J connectivity index is 1.59. The maximum Gasteiger partial charge on any atom is 0.118 e. The summed E-state index contributed by atoms with van der Waals surface area (Å²) in [6.45, 7) is 0. The molecule has 0 saturated heterocycles. The van der Waals surface area contributed by atoms with Gasteiger partial charge in [0.25, 0.3) is 0 Å². The van der Waals surface area contributed by atoms with Gasteiger partial charge in [-0.25, -0.2) is 4.98 Å². The average molecular weight is 361 g/mol. The first kappa shape index (κ1) is 16.9. The summed E-state index contributed by atoms with van der Waals surface area (Å²) in [6, 6.07) is 13.6. The number of nitrogens with zero attached hydrogens (tertiary/aromatic N) is 1. The van der Waals surface area contributed by atoms with E-state index in [9.17, 15) is 0 Å². The predicted molar refractivity (Wildman–Crippen MR) is 99.1 cm³/mol. The molecular formula is C19H18Cl2N2O. The van der Waals surface area contributed by atoms with Crippen molar-refractivity contribution < 1.29 is 4.74 Å². The summed E-state index contributed by atoms with van der Waals surface area (Å²) in [6.07, 6.45) is 4.80. The molecule has 0 saturated carbocycles. The summed E-state index contributed by atoms with van der Waals surface area (Å²) >= 11 is 12.2. The molecule has 0 atom stereocenters. The fraction of sp³-hybridized carbons (Fsp3) is 0.211.